The molecule has 0 fully saturated rings. The van der Waals surface area contributed by atoms with Crippen molar-refractivity contribution in [1.82, 2.24) is 9.97 Å². The van der Waals surface area contributed by atoms with Gasteiger partial charge in [0.1, 0.15) is 0 Å². The summed E-state index contributed by atoms with van der Waals surface area (Å²) in [6.45, 7) is 11.4. The van der Waals surface area contributed by atoms with Crippen LogP contribution in [0.4, 0.5) is 0 Å². The SMILES string of the molecule is C[SiH](C)OC(C1=CCCC(Cc2c[nH]cn2)C1)C(C)(C)C. The second-order valence-corrected chi connectivity index (χ2v) is 9.99. The van der Waals surface area contributed by atoms with E-state index in [1.54, 1.807) is 6.33 Å². The van der Waals surface area contributed by atoms with Gasteiger partial charge in [0.25, 0.3) is 0 Å². The van der Waals surface area contributed by atoms with Crippen LogP contribution < -0.4 is 0 Å². The first-order chi connectivity index (χ1) is 9.86. The smallest absolute Gasteiger partial charge is 0.171 e. The largest absolute Gasteiger partial charge is 0.413 e. The van der Waals surface area contributed by atoms with Crippen molar-refractivity contribution in [2.24, 2.45) is 11.3 Å². The van der Waals surface area contributed by atoms with Crippen molar-refractivity contribution < 1.29 is 4.43 Å². The van der Waals surface area contributed by atoms with Crippen LogP contribution in [0.1, 0.15) is 45.7 Å². The summed E-state index contributed by atoms with van der Waals surface area (Å²) < 4.78 is 6.39. The van der Waals surface area contributed by atoms with Gasteiger partial charge in [0.2, 0.25) is 0 Å². The highest BCUT2D eigenvalue weighted by Crippen LogP contribution is 2.36. The Morgan fingerprint density at radius 1 is 1.43 bits per heavy atom. The number of H-pyrrole nitrogens is 1. The normalized spacial score (nSPS) is 21.4. The minimum Gasteiger partial charge on any atom is -0.413 e. The van der Waals surface area contributed by atoms with Gasteiger partial charge in [0.15, 0.2) is 9.04 Å². The first-order valence-electron chi connectivity index (χ1n) is 8.18. The molecule has 2 unspecified atom stereocenters. The number of nitrogens with one attached hydrogen (secondary N) is 1. The predicted molar refractivity (Wildman–Crippen MR) is 90.9 cm³/mol. The molecule has 0 saturated carbocycles. The second-order valence-electron chi connectivity index (χ2n) is 7.62. The topological polar surface area (TPSA) is 37.9 Å². The van der Waals surface area contributed by atoms with Gasteiger partial charge in [-0.05, 0) is 55.7 Å². The average molecular weight is 307 g/mol. The van der Waals surface area contributed by atoms with Gasteiger partial charge >= 0.3 is 0 Å². The molecule has 1 aromatic heterocycles. The maximum Gasteiger partial charge on any atom is 0.171 e. The van der Waals surface area contributed by atoms with Gasteiger partial charge in [-0.15, -0.1) is 0 Å². The summed E-state index contributed by atoms with van der Waals surface area (Å²) in [7, 11) is -1.04. The summed E-state index contributed by atoms with van der Waals surface area (Å²) >= 11 is 0. The van der Waals surface area contributed by atoms with Crippen molar-refractivity contribution in [1.29, 1.82) is 0 Å². The van der Waals surface area contributed by atoms with Crippen LogP contribution in [-0.4, -0.2) is 25.1 Å². The van der Waals surface area contributed by atoms with E-state index in [4.69, 9.17) is 4.43 Å². The Bertz CT molecular complexity index is 460. The fraction of sp³-hybridized carbons (Fsp3) is 0.706. The molecule has 1 aromatic rings. The lowest BCUT2D eigenvalue weighted by Crippen LogP contribution is -2.36. The number of hydrogen-bond donors (Lipinski definition) is 1. The second kappa shape index (κ2) is 6.92. The molecule has 0 spiro atoms. The minimum atomic E-state index is -1.04. The highest BCUT2D eigenvalue weighted by molar-refractivity contribution is 6.48. The highest BCUT2D eigenvalue weighted by atomic mass is 28.3. The fourth-order valence-corrected chi connectivity index (χ4v) is 4.36. The molecule has 0 saturated heterocycles. The number of aromatic nitrogens is 2. The third kappa shape index (κ3) is 4.82. The van der Waals surface area contributed by atoms with E-state index in [9.17, 15) is 0 Å². The zero-order chi connectivity index (χ0) is 15.5. The minimum absolute atomic E-state index is 0.178. The van der Waals surface area contributed by atoms with Gasteiger partial charge in [-0.2, -0.15) is 0 Å². The van der Waals surface area contributed by atoms with Gasteiger partial charge in [-0.3, -0.25) is 0 Å². The number of aromatic amines is 1. The third-order valence-electron chi connectivity index (χ3n) is 4.09. The number of nitrogens with zero attached hydrogens (tertiary/aromatic N) is 1. The van der Waals surface area contributed by atoms with Crippen LogP contribution in [-0.2, 0) is 10.8 Å². The third-order valence-corrected chi connectivity index (χ3v) is 4.91. The van der Waals surface area contributed by atoms with Crippen LogP contribution in [0, 0.1) is 11.3 Å². The van der Waals surface area contributed by atoms with E-state index in [0.29, 0.717) is 5.92 Å². The molecule has 1 aliphatic carbocycles. The fourth-order valence-electron chi connectivity index (χ4n) is 3.23. The number of hydrogen-bond acceptors (Lipinski definition) is 2. The zero-order valence-electron chi connectivity index (χ0n) is 14.1. The molecule has 0 aromatic carbocycles. The van der Waals surface area contributed by atoms with Crippen LogP contribution in [0.15, 0.2) is 24.2 Å². The maximum atomic E-state index is 6.39. The molecule has 1 aliphatic rings. The average Bonchev–Trinajstić information content (AvgIpc) is 2.87. The Balaban J connectivity index is 2.05. The van der Waals surface area contributed by atoms with E-state index in [1.165, 1.54) is 24.1 Å². The molecule has 2 atom stereocenters. The van der Waals surface area contributed by atoms with Crippen LogP contribution in [0.2, 0.25) is 13.1 Å². The molecule has 2 rings (SSSR count). The Labute approximate surface area is 130 Å². The monoisotopic (exact) mass is 306 g/mol. The molecule has 1 N–H and O–H groups in total. The molecule has 0 radical (unpaired) electrons. The summed E-state index contributed by atoms with van der Waals surface area (Å²) in [5, 5.41) is 0. The molecule has 4 heteroatoms. The molecule has 118 valence electrons. The van der Waals surface area contributed by atoms with E-state index in [1.807, 2.05) is 6.20 Å². The lowest BCUT2D eigenvalue weighted by atomic mass is 9.77. The quantitative estimate of drug-likeness (QED) is 0.657. The van der Waals surface area contributed by atoms with Crippen molar-refractivity contribution >= 4 is 9.04 Å². The lowest BCUT2D eigenvalue weighted by molar-refractivity contribution is 0.110. The van der Waals surface area contributed by atoms with Gasteiger partial charge in [0.05, 0.1) is 18.1 Å². The van der Waals surface area contributed by atoms with Crippen molar-refractivity contribution in [3.8, 4) is 0 Å². The van der Waals surface area contributed by atoms with Crippen molar-refractivity contribution in [3.05, 3.63) is 29.9 Å². The molecule has 0 aliphatic heterocycles. The highest BCUT2D eigenvalue weighted by Gasteiger charge is 2.32. The van der Waals surface area contributed by atoms with E-state index in [-0.39, 0.29) is 11.5 Å². The zero-order valence-corrected chi connectivity index (χ0v) is 15.3. The lowest BCUT2D eigenvalue weighted by Gasteiger charge is -2.37. The Morgan fingerprint density at radius 2 is 2.19 bits per heavy atom. The molecule has 21 heavy (non-hydrogen) atoms. The molecule has 0 bridgehead atoms. The molecular formula is C17H30N2OSi. The van der Waals surface area contributed by atoms with E-state index < -0.39 is 9.04 Å². The Morgan fingerprint density at radius 3 is 2.76 bits per heavy atom. The summed E-state index contributed by atoms with van der Waals surface area (Å²) in [4.78, 5) is 7.44. The van der Waals surface area contributed by atoms with E-state index in [2.05, 4.69) is 49.9 Å². The predicted octanol–water partition coefficient (Wildman–Crippen LogP) is 4.09. The van der Waals surface area contributed by atoms with Crippen molar-refractivity contribution in [2.45, 2.75) is 65.7 Å². The Hall–Kier alpha value is -0.873. The van der Waals surface area contributed by atoms with Gasteiger partial charge in [-0.1, -0.05) is 26.8 Å². The van der Waals surface area contributed by atoms with Crippen LogP contribution in [0.3, 0.4) is 0 Å². The molecule has 0 amide bonds. The van der Waals surface area contributed by atoms with Crippen LogP contribution in [0.25, 0.3) is 0 Å². The van der Waals surface area contributed by atoms with Gasteiger partial charge in [-0.25, -0.2) is 4.98 Å². The first kappa shape index (κ1) is 16.5. The van der Waals surface area contributed by atoms with E-state index >= 15 is 0 Å². The molecule has 1 heterocycles. The molecule has 3 nitrogen and oxygen atoms in total. The van der Waals surface area contributed by atoms with Gasteiger partial charge in [0, 0.05) is 6.20 Å². The number of imidazole rings is 1. The number of allylic oxidation sites excluding steroid dienone is 1. The van der Waals surface area contributed by atoms with Crippen molar-refractivity contribution in [2.75, 3.05) is 0 Å². The summed E-state index contributed by atoms with van der Waals surface area (Å²) in [5.74, 6) is 0.704. The Kier molecular flexibility index (Phi) is 5.44. The van der Waals surface area contributed by atoms with Gasteiger partial charge < -0.3 is 9.41 Å². The van der Waals surface area contributed by atoms with Crippen molar-refractivity contribution in [3.63, 3.8) is 0 Å². The summed E-state index contributed by atoms with van der Waals surface area (Å²) in [5.41, 5.74) is 2.89. The maximum absolute atomic E-state index is 6.39. The first-order valence-corrected chi connectivity index (χ1v) is 11.0. The summed E-state index contributed by atoms with van der Waals surface area (Å²) in [6.07, 6.45) is 11.2. The van der Waals surface area contributed by atoms with Crippen LogP contribution in [0.5, 0.6) is 0 Å². The summed E-state index contributed by atoms with van der Waals surface area (Å²) in [6, 6.07) is 0. The number of rotatable bonds is 5. The van der Waals surface area contributed by atoms with Crippen LogP contribution >= 0.6 is 0 Å². The van der Waals surface area contributed by atoms with E-state index in [0.717, 1.165) is 12.8 Å². The molecular weight excluding hydrogens is 276 g/mol. The standard InChI is InChI=1S/C17H30N2OSi/c1-17(2,3)16(20-21(4)5)14-8-6-7-13(9-14)10-15-11-18-12-19-15/h8,11-13,16,21H,6-7,9-10H2,1-5H3,(H,18,19).